The molecule has 1 fully saturated rings. The van der Waals surface area contributed by atoms with Gasteiger partial charge in [-0.3, -0.25) is 9.59 Å². The number of rotatable bonds is 3. The maximum Gasteiger partial charge on any atom is 0.307 e. The first kappa shape index (κ1) is 14.1. The number of fused-ring (bicyclic) bond motifs is 1. The molecule has 2 aliphatic rings. The molecule has 3 rings (SSSR count). The summed E-state index contributed by atoms with van der Waals surface area (Å²) < 4.78 is 0. The first-order valence-corrected chi connectivity index (χ1v) is 7.37. The predicted octanol–water partition coefficient (Wildman–Crippen LogP) is 1.26. The lowest BCUT2D eigenvalue weighted by Gasteiger charge is -2.22. The van der Waals surface area contributed by atoms with Gasteiger partial charge >= 0.3 is 5.97 Å². The Labute approximate surface area is 123 Å². The first-order valence-electron chi connectivity index (χ1n) is 7.37. The molecule has 5 heteroatoms. The predicted molar refractivity (Wildman–Crippen MR) is 75.5 cm³/mol. The molecule has 4 atom stereocenters. The van der Waals surface area contributed by atoms with Gasteiger partial charge in [-0.05, 0) is 24.0 Å². The fraction of sp³-hybridized carbons (Fsp3) is 0.500. The van der Waals surface area contributed by atoms with Crippen LogP contribution in [0.25, 0.3) is 0 Å². The number of amides is 1. The second-order valence-corrected chi connectivity index (χ2v) is 5.94. The van der Waals surface area contributed by atoms with E-state index in [0.29, 0.717) is 19.3 Å². The van der Waals surface area contributed by atoms with Crippen molar-refractivity contribution in [1.82, 2.24) is 5.32 Å². The number of aliphatic carboxylic acids is 1. The molecule has 0 bridgehead atoms. The van der Waals surface area contributed by atoms with E-state index in [4.69, 9.17) is 0 Å². The molecule has 2 unspecified atom stereocenters. The second kappa shape index (κ2) is 5.48. The highest BCUT2D eigenvalue weighted by Crippen LogP contribution is 2.35. The Morgan fingerprint density at radius 2 is 1.86 bits per heavy atom. The van der Waals surface area contributed by atoms with Crippen LogP contribution in [-0.2, 0) is 16.0 Å². The van der Waals surface area contributed by atoms with Crippen LogP contribution in [0.15, 0.2) is 24.3 Å². The summed E-state index contributed by atoms with van der Waals surface area (Å²) in [4.78, 5) is 23.6. The van der Waals surface area contributed by atoms with E-state index in [9.17, 15) is 19.8 Å². The van der Waals surface area contributed by atoms with Crippen LogP contribution < -0.4 is 5.32 Å². The van der Waals surface area contributed by atoms with Crippen LogP contribution in [-0.4, -0.2) is 28.2 Å². The number of carbonyl (C=O) groups excluding carboxylic acids is 1. The van der Waals surface area contributed by atoms with Gasteiger partial charge in [-0.25, -0.2) is 0 Å². The van der Waals surface area contributed by atoms with Crippen LogP contribution in [0.1, 0.15) is 36.4 Å². The average molecular weight is 289 g/mol. The smallest absolute Gasteiger partial charge is 0.307 e. The third-order valence-electron chi connectivity index (χ3n) is 4.67. The first-order chi connectivity index (χ1) is 10.1. The van der Waals surface area contributed by atoms with Crippen molar-refractivity contribution < 1.29 is 19.8 Å². The molecule has 0 saturated heterocycles. The Morgan fingerprint density at radius 1 is 1.14 bits per heavy atom. The van der Waals surface area contributed by atoms with Crippen molar-refractivity contribution >= 4 is 11.9 Å². The zero-order chi connectivity index (χ0) is 15.0. The molecule has 0 aromatic heterocycles. The highest BCUT2D eigenvalue weighted by atomic mass is 16.4. The molecule has 1 amide bonds. The van der Waals surface area contributed by atoms with Crippen molar-refractivity contribution in [3.05, 3.63) is 35.4 Å². The van der Waals surface area contributed by atoms with Crippen LogP contribution in [0.5, 0.6) is 0 Å². The zero-order valence-corrected chi connectivity index (χ0v) is 11.7. The summed E-state index contributed by atoms with van der Waals surface area (Å²) in [6.45, 7) is 0. The molecule has 1 aromatic carbocycles. The third-order valence-corrected chi connectivity index (χ3v) is 4.67. The maximum atomic E-state index is 12.4. The number of carbonyl (C=O) groups is 2. The summed E-state index contributed by atoms with van der Waals surface area (Å²) in [7, 11) is 0. The average Bonchev–Trinajstić information content (AvgIpc) is 3.04. The Hall–Kier alpha value is -1.88. The highest BCUT2D eigenvalue weighted by molar-refractivity contribution is 5.85. The molecular weight excluding hydrogens is 270 g/mol. The van der Waals surface area contributed by atoms with Gasteiger partial charge in [-0.15, -0.1) is 0 Å². The number of hydrogen-bond donors (Lipinski definition) is 3. The van der Waals surface area contributed by atoms with E-state index in [2.05, 4.69) is 5.32 Å². The Morgan fingerprint density at radius 3 is 2.62 bits per heavy atom. The highest BCUT2D eigenvalue weighted by Gasteiger charge is 2.40. The largest absolute Gasteiger partial charge is 0.481 e. The van der Waals surface area contributed by atoms with Crippen molar-refractivity contribution in [2.75, 3.05) is 0 Å². The Balaban J connectivity index is 1.75. The normalized spacial score (nSPS) is 30.9. The minimum absolute atomic E-state index is 0.249. The molecule has 112 valence electrons. The lowest BCUT2D eigenvalue weighted by Crippen LogP contribution is -2.40. The number of carboxylic acids is 1. The molecule has 3 N–H and O–H groups in total. The van der Waals surface area contributed by atoms with Gasteiger partial charge in [0.05, 0.1) is 24.0 Å². The number of aliphatic hydroxyl groups is 1. The van der Waals surface area contributed by atoms with Crippen LogP contribution in [0, 0.1) is 11.8 Å². The minimum Gasteiger partial charge on any atom is -0.481 e. The molecule has 0 heterocycles. The van der Waals surface area contributed by atoms with E-state index < -0.39 is 30.0 Å². The molecule has 1 saturated carbocycles. The molecule has 2 aliphatic carbocycles. The number of carboxylic acid groups (broad SMARTS) is 1. The summed E-state index contributed by atoms with van der Waals surface area (Å²) in [5.41, 5.74) is 1.97. The molecule has 21 heavy (non-hydrogen) atoms. The fourth-order valence-corrected chi connectivity index (χ4v) is 3.58. The molecule has 0 spiro atoms. The van der Waals surface area contributed by atoms with E-state index in [1.807, 2.05) is 24.3 Å². The number of aliphatic hydroxyl groups excluding tert-OH is 1. The lowest BCUT2D eigenvalue weighted by molar-refractivity contribution is -0.146. The minimum atomic E-state index is -0.903. The molecule has 1 aromatic rings. The summed E-state index contributed by atoms with van der Waals surface area (Å²) in [5, 5.41) is 22.2. The van der Waals surface area contributed by atoms with Gasteiger partial charge in [0.15, 0.2) is 0 Å². The van der Waals surface area contributed by atoms with E-state index in [-0.39, 0.29) is 5.91 Å². The van der Waals surface area contributed by atoms with E-state index in [0.717, 1.165) is 17.5 Å². The third kappa shape index (κ3) is 2.53. The zero-order valence-electron chi connectivity index (χ0n) is 11.7. The van der Waals surface area contributed by atoms with Gasteiger partial charge in [0.1, 0.15) is 0 Å². The molecular formula is C16H19NO4. The summed E-state index contributed by atoms with van der Waals surface area (Å²) in [6.07, 6.45) is 1.80. The number of nitrogens with one attached hydrogen (secondary N) is 1. The number of benzene rings is 1. The van der Waals surface area contributed by atoms with Crippen LogP contribution >= 0.6 is 0 Å². The van der Waals surface area contributed by atoms with Crippen LogP contribution in [0.3, 0.4) is 0 Å². The van der Waals surface area contributed by atoms with Crippen molar-refractivity contribution in [2.24, 2.45) is 11.8 Å². The fourth-order valence-electron chi connectivity index (χ4n) is 3.58. The summed E-state index contributed by atoms with van der Waals surface area (Å²) in [6, 6.07) is 7.21. The Kier molecular flexibility index (Phi) is 3.68. The van der Waals surface area contributed by atoms with Crippen LogP contribution in [0.4, 0.5) is 0 Å². The molecule has 5 nitrogen and oxygen atoms in total. The van der Waals surface area contributed by atoms with Gasteiger partial charge in [-0.2, -0.15) is 0 Å². The number of hydrogen-bond acceptors (Lipinski definition) is 3. The van der Waals surface area contributed by atoms with E-state index >= 15 is 0 Å². The molecule has 0 aliphatic heterocycles. The van der Waals surface area contributed by atoms with Crippen LogP contribution in [0.2, 0.25) is 0 Å². The lowest BCUT2D eigenvalue weighted by atomic mass is 9.94. The van der Waals surface area contributed by atoms with Gasteiger partial charge in [0.25, 0.3) is 0 Å². The monoisotopic (exact) mass is 289 g/mol. The van der Waals surface area contributed by atoms with E-state index in [1.54, 1.807) is 0 Å². The van der Waals surface area contributed by atoms with Crippen molar-refractivity contribution in [1.29, 1.82) is 0 Å². The van der Waals surface area contributed by atoms with Crippen molar-refractivity contribution in [3.63, 3.8) is 0 Å². The van der Waals surface area contributed by atoms with Gasteiger partial charge in [0, 0.05) is 6.42 Å². The van der Waals surface area contributed by atoms with Crippen molar-refractivity contribution in [2.45, 2.75) is 37.8 Å². The summed E-state index contributed by atoms with van der Waals surface area (Å²) in [5.74, 6) is -2.23. The quantitative estimate of drug-likeness (QED) is 0.782. The Bertz CT molecular complexity index is 571. The van der Waals surface area contributed by atoms with Gasteiger partial charge < -0.3 is 15.5 Å². The van der Waals surface area contributed by atoms with Crippen molar-refractivity contribution in [3.8, 4) is 0 Å². The topological polar surface area (TPSA) is 86.6 Å². The standard InChI is InChI=1S/C16H19NO4/c18-13-8-9-4-1-2-5-10(9)14(13)17-15(19)11-6-3-7-12(11)16(20)21/h1-2,4-5,11-14,18H,3,6-8H2,(H,17,19)(H,20,21)/t11?,12?,13-,14+/m1/s1. The maximum absolute atomic E-state index is 12.4. The van der Waals surface area contributed by atoms with Gasteiger partial charge in [0.2, 0.25) is 5.91 Å². The summed E-state index contributed by atoms with van der Waals surface area (Å²) >= 11 is 0. The van der Waals surface area contributed by atoms with E-state index in [1.165, 1.54) is 0 Å². The second-order valence-electron chi connectivity index (χ2n) is 5.94. The SMILES string of the molecule is O=C(O)C1CCCC1C(=O)N[C@H]1c2ccccc2C[C@H]1O. The molecule has 0 radical (unpaired) electrons. The van der Waals surface area contributed by atoms with Gasteiger partial charge in [-0.1, -0.05) is 30.7 Å².